The molecule has 5 heteroatoms. The van der Waals surface area contributed by atoms with E-state index in [0.29, 0.717) is 0 Å². The van der Waals surface area contributed by atoms with Crippen molar-refractivity contribution in [3.63, 3.8) is 0 Å². The fraction of sp³-hybridized carbons (Fsp3) is 0.357. The van der Waals surface area contributed by atoms with Crippen LogP contribution < -0.4 is 0 Å². The molecule has 1 atom stereocenters. The Labute approximate surface area is 125 Å². The quantitative estimate of drug-likeness (QED) is 0.856. The molecule has 19 heavy (non-hydrogen) atoms. The summed E-state index contributed by atoms with van der Waals surface area (Å²) in [6.45, 7) is 3.62. The Kier molecular flexibility index (Phi) is 4.28. The summed E-state index contributed by atoms with van der Waals surface area (Å²) in [7, 11) is 0. The van der Waals surface area contributed by atoms with Gasteiger partial charge < -0.3 is 4.74 Å². The average molecular weight is 339 g/mol. The highest BCUT2D eigenvalue weighted by atomic mass is 79.9. The third kappa shape index (κ3) is 3.42. The minimum atomic E-state index is 0.168. The van der Waals surface area contributed by atoms with Crippen molar-refractivity contribution in [3.8, 4) is 0 Å². The van der Waals surface area contributed by atoms with Gasteiger partial charge in [0, 0.05) is 29.1 Å². The number of halogens is 1. The van der Waals surface area contributed by atoms with Gasteiger partial charge in [0.25, 0.3) is 0 Å². The van der Waals surface area contributed by atoms with Crippen molar-refractivity contribution >= 4 is 27.3 Å². The molecule has 1 saturated heterocycles. The predicted molar refractivity (Wildman–Crippen MR) is 80.2 cm³/mol. The summed E-state index contributed by atoms with van der Waals surface area (Å²) in [5.41, 5.74) is 1.24. The lowest BCUT2D eigenvalue weighted by molar-refractivity contribution is -0.0329. The number of rotatable bonds is 3. The van der Waals surface area contributed by atoms with E-state index < -0.39 is 0 Å². The second kappa shape index (κ2) is 6.13. The maximum absolute atomic E-state index is 5.88. The number of morpholine rings is 1. The second-order valence-corrected chi connectivity index (χ2v) is 6.47. The van der Waals surface area contributed by atoms with Gasteiger partial charge in [-0.2, -0.15) is 0 Å². The normalized spacial score (nSPS) is 20.6. The number of aromatic nitrogens is 1. The molecule has 1 aromatic carbocycles. The molecule has 0 amide bonds. The first-order chi connectivity index (χ1) is 9.31. The monoisotopic (exact) mass is 338 g/mol. The van der Waals surface area contributed by atoms with Gasteiger partial charge in [0.15, 0.2) is 0 Å². The SMILES string of the molecule is Brc1ccc([C@@H]2CN(Cc3nccs3)CCO2)cc1. The van der Waals surface area contributed by atoms with Crippen LogP contribution in [0.15, 0.2) is 40.3 Å². The van der Waals surface area contributed by atoms with Gasteiger partial charge in [-0.25, -0.2) is 4.98 Å². The Hall–Kier alpha value is -0.750. The van der Waals surface area contributed by atoms with E-state index in [1.165, 1.54) is 10.6 Å². The Bertz CT molecular complexity index is 515. The molecule has 0 unspecified atom stereocenters. The number of benzene rings is 1. The number of hydrogen-bond acceptors (Lipinski definition) is 4. The van der Waals surface area contributed by atoms with Gasteiger partial charge in [-0.05, 0) is 17.7 Å². The third-order valence-electron chi connectivity index (χ3n) is 3.23. The summed E-state index contributed by atoms with van der Waals surface area (Å²) in [6, 6.07) is 8.39. The molecule has 2 heterocycles. The Morgan fingerprint density at radius 3 is 2.95 bits per heavy atom. The predicted octanol–water partition coefficient (Wildman–Crippen LogP) is 3.48. The zero-order chi connectivity index (χ0) is 13.1. The highest BCUT2D eigenvalue weighted by molar-refractivity contribution is 9.10. The zero-order valence-electron chi connectivity index (χ0n) is 10.5. The van der Waals surface area contributed by atoms with E-state index in [1.54, 1.807) is 11.3 Å². The van der Waals surface area contributed by atoms with Crippen LogP contribution in [0.1, 0.15) is 16.7 Å². The topological polar surface area (TPSA) is 25.4 Å². The van der Waals surface area contributed by atoms with Crippen LogP contribution >= 0.6 is 27.3 Å². The maximum atomic E-state index is 5.88. The molecule has 1 aliphatic rings. The lowest BCUT2D eigenvalue weighted by Crippen LogP contribution is -2.37. The van der Waals surface area contributed by atoms with Crippen molar-refractivity contribution in [3.05, 3.63) is 50.9 Å². The van der Waals surface area contributed by atoms with Gasteiger partial charge >= 0.3 is 0 Å². The molecule has 0 bridgehead atoms. The molecule has 1 aromatic heterocycles. The summed E-state index contributed by atoms with van der Waals surface area (Å²) in [6.07, 6.45) is 2.04. The van der Waals surface area contributed by atoms with Crippen LogP contribution in [-0.2, 0) is 11.3 Å². The lowest BCUT2D eigenvalue weighted by Gasteiger charge is -2.32. The molecular formula is C14H15BrN2OS. The second-order valence-electron chi connectivity index (χ2n) is 4.57. The number of ether oxygens (including phenoxy) is 1. The molecular weight excluding hydrogens is 324 g/mol. The van der Waals surface area contributed by atoms with Gasteiger partial charge in [0.05, 0.1) is 19.3 Å². The van der Waals surface area contributed by atoms with Crippen LogP contribution in [0.25, 0.3) is 0 Å². The minimum Gasteiger partial charge on any atom is -0.371 e. The maximum Gasteiger partial charge on any atom is 0.107 e. The van der Waals surface area contributed by atoms with E-state index in [0.717, 1.165) is 30.7 Å². The van der Waals surface area contributed by atoms with Gasteiger partial charge in [-0.15, -0.1) is 11.3 Å². The zero-order valence-corrected chi connectivity index (χ0v) is 12.9. The van der Waals surface area contributed by atoms with Crippen molar-refractivity contribution in [2.24, 2.45) is 0 Å². The van der Waals surface area contributed by atoms with Crippen LogP contribution in [0.3, 0.4) is 0 Å². The Morgan fingerprint density at radius 2 is 2.21 bits per heavy atom. The molecule has 100 valence electrons. The van der Waals surface area contributed by atoms with Crippen molar-refractivity contribution < 1.29 is 4.74 Å². The van der Waals surface area contributed by atoms with Crippen molar-refractivity contribution in [2.45, 2.75) is 12.6 Å². The molecule has 3 rings (SSSR count). The average Bonchev–Trinajstić information content (AvgIpc) is 2.93. The Balaban J connectivity index is 1.66. The van der Waals surface area contributed by atoms with E-state index in [9.17, 15) is 0 Å². The number of thiazole rings is 1. The smallest absolute Gasteiger partial charge is 0.107 e. The van der Waals surface area contributed by atoms with Crippen LogP contribution in [0, 0.1) is 0 Å². The molecule has 0 spiro atoms. The van der Waals surface area contributed by atoms with Crippen LogP contribution in [-0.4, -0.2) is 29.6 Å². The van der Waals surface area contributed by atoms with Gasteiger partial charge in [-0.3, -0.25) is 4.90 Å². The van der Waals surface area contributed by atoms with Crippen LogP contribution in [0.5, 0.6) is 0 Å². The third-order valence-corrected chi connectivity index (χ3v) is 4.53. The fourth-order valence-electron chi connectivity index (χ4n) is 2.25. The molecule has 1 fully saturated rings. The van der Waals surface area contributed by atoms with Crippen LogP contribution in [0.4, 0.5) is 0 Å². The summed E-state index contributed by atoms with van der Waals surface area (Å²) < 4.78 is 6.98. The largest absolute Gasteiger partial charge is 0.371 e. The minimum absolute atomic E-state index is 0.168. The fourth-order valence-corrected chi connectivity index (χ4v) is 3.17. The number of nitrogens with zero attached hydrogens (tertiary/aromatic N) is 2. The van der Waals surface area contributed by atoms with Crippen LogP contribution in [0.2, 0.25) is 0 Å². The number of hydrogen-bond donors (Lipinski definition) is 0. The summed E-state index contributed by atoms with van der Waals surface area (Å²) in [5.74, 6) is 0. The van der Waals surface area contributed by atoms with E-state index in [4.69, 9.17) is 4.74 Å². The molecule has 1 aliphatic heterocycles. The van der Waals surface area contributed by atoms with Gasteiger partial charge in [-0.1, -0.05) is 28.1 Å². The summed E-state index contributed by atoms with van der Waals surface area (Å²) in [5, 5.41) is 3.21. The Morgan fingerprint density at radius 1 is 1.37 bits per heavy atom. The highest BCUT2D eigenvalue weighted by Gasteiger charge is 2.22. The van der Waals surface area contributed by atoms with Crippen molar-refractivity contribution in [2.75, 3.05) is 19.7 Å². The first-order valence-electron chi connectivity index (χ1n) is 6.29. The van der Waals surface area contributed by atoms with Gasteiger partial charge in [0.2, 0.25) is 0 Å². The van der Waals surface area contributed by atoms with Crippen molar-refractivity contribution in [1.82, 2.24) is 9.88 Å². The summed E-state index contributed by atoms with van der Waals surface area (Å²) in [4.78, 5) is 6.76. The molecule has 0 saturated carbocycles. The van der Waals surface area contributed by atoms with Crippen molar-refractivity contribution in [1.29, 1.82) is 0 Å². The highest BCUT2D eigenvalue weighted by Crippen LogP contribution is 2.24. The van der Waals surface area contributed by atoms with Gasteiger partial charge in [0.1, 0.15) is 5.01 Å². The van der Waals surface area contributed by atoms with E-state index in [-0.39, 0.29) is 6.10 Å². The summed E-state index contributed by atoms with van der Waals surface area (Å²) >= 11 is 5.18. The van der Waals surface area contributed by atoms with E-state index in [1.807, 2.05) is 11.6 Å². The molecule has 2 aromatic rings. The molecule has 0 N–H and O–H groups in total. The standard InChI is InChI=1S/C14H15BrN2OS/c15-12-3-1-11(2-4-12)13-9-17(6-7-18-13)10-14-16-5-8-19-14/h1-5,8,13H,6-7,9-10H2/t13-/m0/s1. The molecule has 3 nitrogen and oxygen atoms in total. The molecule has 0 radical (unpaired) electrons. The molecule has 0 aliphatic carbocycles. The van der Waals surface area contributed by atoms with E-state index in [2.05, 4.69) is 50.1 Å². The first-order valence-corrected chi connectivity index (χ1v) is 7.96. The first kappa shape index (κ1) is 13.2. The van der Waals surface area contributed by atoms with E-state index >= 15 is 0 Å². The lowest BCUT2D eigenvalue weighted by atomic mass is 10.1.